The summed E-state index contributed by atoms with van der Waals surface area (Å²) in [6.45, 7) is 1.45. The van der Waals surface area contributed by atoms with Crippen LogP contribution in [-0.2, 0) is 10.0 Å². The summed E-state index contributed by atoms with van der Waals surface area (Å²) < 4.78 is 45.5. The highest BCUT2D eigenvalue weighted by molar-refractivity contribution is 7.92. The molecule has 0 heterocycles. The first-order chi connectivity index (χ1) is 10.8. The van der Waals surface area contributed by atoms with E-state index in [1.165, 1.54) is 44.4 Å². The van der Waals surface area contributed by atoms with Gasteiger partial charge in [0.25, 0.3) is 10.0 Å². The first kappa shape index (κ1) is 16.8. The lowest BCUT2D eigenvalue weighted by Gasteiger charge is -2.13. The number of carboxylic acid groups (broad SMARTS) is 1. The second-order valence-corrected chi connectivity index (χ2v) is 6.38. The Balaban J connectivity index is 2.48. The van der Waals surface area contributed by atoms with E-state index in [0.717, 1.165) is 6.07 Å². The molecule has 0 spiro atoms. The van der Waals surface area contributed by atoms with E-state index in [-0.39, 0.29) is 10.5 Å². The lowest BCUT2D eigenvalue weighted by Crippen LogP contribution is -2.17. The predicted octanol–water partition coefficient (Wildman–Crippen LogP) is 2.64. The SMILES string of the molecule is COc1ccc(S(=O)(=O)Nc2c(F)ccc(C)c2C(=O)O)cc1. The van der Waals surface area contributed by atoms with Crippen molar-refractivity contribution in [1.82, 2.24) is 0 Å². The molecule has 8 heteroatoms. The second-order valence-electron chi connectivity index (χ2n) is 4.70. The molecule has 0 aromatic heterocycles. The highest BCUT2D eigenvalue weighted by Crippen LogP contribution is 2.27. The molecule has 0 atom stereocenters. The summed E-state index contributed by atoms with van der Waals surface area (Å²) in [6.07, 6.45) is 0. The van der Waals surface area contributed by atoms with Crippen molar-refractivity contribution in [1.29, 1.82) is 0 Å². The quantitative estimate of drug-likeness (QED) is 0.873. The number of nitrogens with one attached hydrogen (secondary N) is 1. The maximum absolute atomic E-state index is 13.9. The molecule has 0 amide bonds. The van der Waals surface area contributed by atoms with Gasteiger partial charge in [-0.1, -0.05) is 6.07 Å². The molecule has 0 saturated heterocycles. The number of carboxylic acids is 1. The van der Waals surface area contributed by atoms with Gasteiger partial charge in [-0.05, 0) is 42.8 Å². The summed E-state index contributed by atoms with van der Waals surface area (Å²) in [4.78, 5) is 11.1. The summed E-state index contributed by atoms with van der Waals surface area (Å²) in [5.74, 6) is -1.93. The number of aromatic carboxylic acids is 1. The number of halogens is 1. The van der Waals surface area contributed by atoms with Gasteiger partial charge < -0.3 is 9.84 Å². The minimum absolute atomic E-state index is 0.143. The van der Waals surface area contributed by atoms with Crippen LogP contribution in [0.15, 0.2) is 41.3 Å². The highest BCUT2D eigenvalue weighted by Gasteiger charge is 2.23. The molecule has 0 aliphatic carbocycles. The third-order valence-corrected chi connectivity index (χ3v) is 4.55. The van der Waals surface area contributed by atoms with Crippen LogP contribution < -0.4 is 9.46 Å². The Morgan fingerprint density at radius 2 is 1.78 bits per heavy atom. The number of ether oxygens (including phenoxy) is 1. The molecular formula is C15H14FNO5S. The second kappa shape index (κ2) is 6.25. The topological polar surface area (TPSA) is 92.7 Å². The number of anilines is 1. The van der Waals surface area contributed by atoms with E-state index in [1.807, 2.05) is 4.72 Å². The number of carbonyl (C=O) groups is 1. The standard InChI is InChI=1S/C15H14FNO5S/c1-9-3-8-12(16)14(13(9)15(18)19)17-23(20,21)11-6-4-10(22-2)5-7-11/h3-8,17H,1-2H3,(H,18,19). The smallest absolute Gasteiger partial charge is 0.338 e. The zero-order valence-electron chi connectivity index (χ0n) is 12.3. The van der Waals surface area contributed by atoms with Gasteiger partial charge in [0, 0.05) is 0 Å². The number of rotatable bonds is 5. The average molecular weight is 339 g/mol. The first-order valence-corrected chi connectivity index (χ1v) is 7.94. The normalized spacial score (nSPS) is 11.1. The largest absolute Gasteiger partial charge is 0.497 e. The van der Waals surface area contributed by atoms with Crippen molar-refractivity contribution >= 4 is 21.7 Å². The Kier molecular flexibility index (Phi) is 4.55. The maximum Gasteiger partial charge on any atom is 0.338 e. The lowest BCUT2D eigenvalue weighted by atomic mass is 10.1. The summed E-state index contributed by atoms with van der Waals surface area (Å²) in [6, 6.07) is 7.68. The fraction of sp³-hybridized carbons (Fsp3) is 0.133. The highest BCUT2D eigenvalue weighted by atomic mass is 32.2. The molecule has 0 aliphatic heterocycles. The molecule has 0 fully saturated rings. The van der Waals surface area contributed by atoms with Gasteiger partial charge in [0.15, 0.2) is 0 Å². The maximum atomic E-state index is 13.9. The number of hydrogen-bond donors (Lipinski definition) is 2. The third kappa shape index (κ3) is 3.42. The molecule has 0 radical (unpaired) electrons. The van der Waals surface area contributed by atoms with E-state index < -0.39 is 33.1 Å². The van der Waals surface area contributed by atoms with Crippen LogP contribution in [0.2, 0.25) is 0 Å². The van der Waals surface area contributed by atoms with Crippen LogP contribution in [0.4, 0.5) is 10.1 Å². The van der Waals surface area contributed by atoms with E-state index >= 15 is 0 Å². The molecule has 122 valence electrons. The average Bonchev–Trinajstić information content (AvgIpc) is 2.50. The van der Waals surface area contributed by atoms with Crippen molar-refractivity contribution in [3.8, 4) is 5.75 Å². The predicted molar refractivity (Wildman–Crippen MR) is 81.9 cm³/mol. The van der Waals surface area contributed by atoms with Gasteiger partial charge in [0.1, 0.15) is 11.6 Å². The van der Waals surface area contributed by atoms with Gasteiger partial charge >= 0.3 is 5.97 Å². The number of methoxy groups -OCH3 is 1. The third-order valence-electron chi connectivity index (χ3n) is 3.18. The summed E-state index contributed by atoms with van der Waals surface area (Å²) in [7, 11) is -2.71. The van der Waals surface area contributed by atoms with Crippen molar-refractivity contribution in [2.24, 2.45) is 0 Å². The minimum atomic E-state index is -4.14. The monoisotopic (exact) mass is 339 g/mol. The van der Waals surface area contributed by atoms with E-state index in [4.69, 9.17) is 4.74 Å². The van der Waals surface area contributed by atoms with Crippen molar-refractivity contribution in [3.05, 3.63) is 53.3 Å². The van der Waals surface area contributed by atoms with Crippen molar-refractivity contribution in [3.63, 3.8) is 0 Å². The fourth-order valence-corrected chi connectivity index (χ4v) is 3.09. The Labute approximate surface area is 132 Å². The molecule has 6 nitrogen and oxygen atoms in total. The van der Waals surface area contributed by atoms with E-state index in [9.17, 15) is 22.7 Å². The Morgan fingerprint density at radius 3 is 2.30 bits per heavy atom. The molecule has 0 unspecified atom stereocenters. The van der Waals surface area contributed by atoms with Gasteiger partial charge in [-0.3, -0.25) is 4.72 Å². The summed E-state index contributed by atoms with van der Waals surface area (Å²) >= 11 is 0. The Bertz CT molecular complexity index is 847. The zero-order chi connectivity index (χ0) is 17.2. The van der Waals surface area contributed by atoms with Gasteiger partial charge in [-0.15, -0.1) is 0 Å². The molecule has 2 aromatic rings. The van der Waals surface area contributed by atoms with Gasteiger partial charge in [0.05, 0.1) is 23.3 Å². The van der Waals surface area contributed by atoms with Crippen LogP contribution in [0.1, 0.15) is 15.9 Å². The van der Waals surface area contributed by atoms with Crippen LogP contribution >= 0.6 is 0 Å². The number of sulfonamides is 1. The van der Waals surface area contributed by atoms with E-state index in [0.29, 0.717) is 5.75 Å². The molecular weight excluding hydrogens is 325 g/mol. The lowest BCUT2D eigenvalue weighted by molar-refractivity contribution is 0.0697. The van der Waals surface area contributed by atoms with Crippen LogP contribution in [0.3, 0.4) is 0 Å². The Hall–Kier alpha value is -2.61. The van der Waals surface area contributed by atoms with Crippen LogP contribution in [0, 0.1) is 12.7 Å². The number of aryl methyl sites for hydroxylation is 1. The molecule has 23 heavy (non-hydrogen) atoms. The first-order valence-electron chi connectivity index (χ1n) is 6.45. The summed E-state index contributed by atoms with van der Waals surface area (Å²) in [5, 5.41) is 9.19. The van der Waals surface area contributed by atoms with Crippen molar-refractivity contribution in [2.75, 3.05) is 11.8 Å². The minimum Gasteiger partial charge on any atom is -0.497 e. The zero-order valence-corrected chi connectivity index (χ0v) is 13.1. The van der Waals surface area contributed by atoms with E-state index in [2.05, 4.69) is 0 Å². The molecule has 2 aromatic carbocycles. The Morgan fingerprint density at radius 1 is 1.17 bits per heavy atom. The van der Waals surface area contributed by atoms with Crippen LogP contribution in [0.25, 0.3) is 0 Å². The molecule has 2 N–H and O–H groups in total. The van der Waals surface area contributed by atoms with Crippen molar-refractivity contribution < 1.29 is 27.4 Å². The van der Waals surface area contributed by atoms with Crippen LogP contribution in [-0.4, -0.2) is 26.6 Å². The van der Waals surface area contributed by atoms with Gasteiger partial charge in [-0.2, -0.15) is 0 Å². The van der Waals surface area contributed by atoms with Gasteiger partial charge in [0.2, 0.25) is 0 Å². The number of benzene rings is 2. The fourth-order valence-electron chi connectivity index (χ4n) is 2.00. The molecule has 2 rings (SSSR count). The van der Waals surface area contributed by atoms with Crippen LogP contribution in [0.5, 0.6) is 5.75 Å². The number of hydrogen-bond acceptors (Lipinski definition) is 4. The van der Waals surface area contributed by atoms with Gasteiger partial charge in [-0.25, -0.2) is 17.6 Å². The molecule has 0 aliphatic rings. The molecule has 0 saturated carbocycles. The summed E-state index contributed by atoms with van der Waals surface area (Å²) in [5.41, 5.74) is -0.776. The van der Waals surface area contributed by atoms with E-state index in [1.54, 1.807) is 0 Å². The van der Waals surface area contributed by atoms with Crippen molar-refractivity contribution in [2.45, 2.75) is 11.8 Å². The molecule has 0 bridgehead atoms.